The van der Waals surface area contributed by atoms with Gasteiger partial charge in [-0.3, -0.25) is 14.4 Å². The fourth-order valence-corrected chi connectivity index (χ4v) is 2.20. The van der Waals surface area contributed by atoms with Crippen molar-refractivity contribution in [3.05, 3.63) is 71.3 Å². The Hall–Kier alpha value is -2.95. The lowest BCUT2D eigenvalue weighted by Gasteiger charge is -2.17. The van der Waals surface area contributed by atoms with Crippen molar-refractivity contribution in [2.45, 2.75) is 20.0 Å². The van der Waals surface area contributed by atoms with Gasteiger partial charge in [-0.2, -0.15) is 0 Å². The molecule has 5 heteroatoms. The van der Waals surface area contributed by atoms with Crippen LogP contribution in [-0.2, 0) is 19.1 Å². The predicted molar refractivity (Wildman–Crippen MR) is 87.5 cm³/mol. The molecule has 0 spiro atoms. The Morgan fingerprint density at radius 1 is 0.833 bits per heavy atom. The van der Waals surface area contributed by atoms with E-state index in [1.54, 1.807) is 48.5 Å². The molecular formula is C19H18O5. The van der Waals surface area contributed by atoms with E-state index in [2.05, 4.69) is 0 Å². The first kappa shape index (κ1) is 17.4. The molecule has 2 aromatic rings. The minimum atomic E-state index is -0.702. The SMILES string of the molecule is CC(=O)OCC(OC(C)=O)c1ccc(C(=O)c2ccccc2)cc1. The third kappa shape index (κ3) is 4.78. The standard InChI is InChI=1S/C19H18O5/c1-13(20)23-12-18(24-14(2)21)15-8-10-17(11-9-15)19(22)16-6-4-3-5-7-16/h3-11,18H,12H2,1-2H3. The monoisotopic (exact) mass is 326 g/mol. The molecule has 0 aromatic heterocycles. The summed E-state index contributed by atoms with van der Waals surface area (Å²) in [7, 11) is 0. The average Bonchev–Trinajstić information content (AvgIpc) is 2.58. The second-order valence-corrected chi connectivity index (χ2v) is 5.22. The molecule has 1 unspecified atom stereocenters. The second-order valence-electron chi connectivity index (χ2n) is 5.22. The molecule has 0 aliphatic rings. The van der Waals surface area contributed by atoms with E-state index >= 15 is 0 Å². The Morgan fingerprint density at radius 2 is 1.42 bits per heavy atom. The fourth-order valence-electron chi connectivity index (χ4n) is 2.20. The highest BCUT2D eigenvalue weighted by Gasteiger charge is 2.17. The largest absolute Gasteiger partial charge is 0.462 e. The molecule has 124 valence electrons. The first-order chi connectivity index (χ1) is 11.5. The summed E-state index contributed by atoms with van der Waals surface area (Å²) in [6, 6.07) is 15.6. The van der Waals surface area contributed by atoms with Gasteiger partial charge in [-0.25, -0.2) is 0 Å². The fraction of sp³-hybridized carbons (Fsp3) is 0.211. The molecule has 0 N–H and O–H groups in total. The number of hydrogen-bond acceptors (Lipinski definition) is 5. The Morgan fingerprint density at radius 3 is 1.96 bits per heavy atom. The topological polar surface area (TPSA) is 69.7 Å². The van der Waals surface area contributed by atoms with Crippen LogP contribution in [0.2, 0.25) is 0 Å². The van der Waals surface area contributed by atoms with Crippen molar-refractivity contribution in [3.63, 3.8) is 0 Å². The van der Waals surface area contributed by atoms with Gasteiger partial charge < -0.3 is 9.47 Å². The lowest BCUT2D eigenvalue weighted by atomic mass is 10.0. The van der Waals surface area contributed by atoms with Crippen molar-refractivity contribution in [2.75, 3.05) is 6.61 Å². The van der Waals surface area contributed by atoms with Crippen LogP contribution in [0.3, 0.4) is 0 Å². The number of ketones is 1. The van der Waals surface area contributed by atoms with Crippen molar-refractivity contribution in [2.24, 2.45) is 0 Å². The first-order valence-electron chi connectivity index (χ1n) is 7.47. The van der Waals surface area contributed by atoms with E-state index in [0.29, 0.717) is 16.7 Å². The molecule has 0 amide bonds. The number of benzene rings is 2. The molecule has 0 radical (unpaired) electrons. The maximum atomic E-state index is 12.4. The van der Waals surface area contributed by atoms with Crippen LogP contribution in [0.15, 0.2) is 54.6 Å². The van der Waals surface area contributed by atoms with Crippen LogP contribution in [0.25, 0.3) is 0 Å². The number of hydrogen-bond donors (Lipinski definition) is 0. The normalized spacial score (nSPS) is 11.4. The lowest BCUT2D eigenvalue weighted by molar-refractivity contribution is -0.156. The van der Waals surface area contributed by atoms with E-state index in [1.807, 2.05) is 6.07 Å². The van der Waals surface area contributed by atoms with Gasteiger partial charge in [0.05, 0.1) is 0 Å². The molecular weight excluding hydrogens is 308 g/mol. The molecule has 2 rings (SSSR count). The maximum absolute atomic E-state index is 12.4. The van der Waals surface area contributed by atoms with Crippen molar-refractivity contribution >= 4 is 17.7 Å². The minimum absolute atomic E-state index is 0.0686. The van der Waals surface area contributed by atoms with E-state index in [-0.39, 0.29) is 12.4 Å². The van der Waals surface area contributed by atoms with Crippen molar-refractivity contribution in [1.82, 2.24) is 0 Å². The lowest BCUT2D eigenvalue weighted by Crippen LogP contribution is -2.16. The summed E-state index contributed by atoms with van der Waals surface area (Å²) in [4.78, 5) is 34.5. The van der Waals surface area contributed by atoms with Crippen molar-refractivity contribution in [1.29, 1.82) is 0 Å². The zero-order valence-electron chi connectivity index (χ0n) is 13.5. The summed E-state index contributed by atoms with van der Waals surface area (Å²) in [6.07, 6.45) is -0.702. The molecule has 0 heterocycles. The quantitative estimate of drug-likeness (QED) is 0.603. The third-order valence-corrected chi connectivity index (χ3v) is 3.33. The van der Waals surface area contributed by atoms with Gasteiger partial charge in [0.15, 0.2) is 11.9 Å². The van der Waals surface area contributed by atoms with E-state index < -0.39 is 18.0 Å². The van der Waals surface area contributed by atoms with Gasteiger partial charge in [0.1, 0.15) is 6.61 Å². The summed E-state index contributed by atoms with van der Waals surface area (Å²) in [5.74, 6) is -1.02. The van der Waals surface area contributed by atoms with Crippen LogP contribution in [0.1, 0.15) is 41.4 Å². The van der Waals surface area contributed by atoms with E-state index in [4.69, 9.17) is 9.47 Å². The summed E-state index contributed by atoms with van der Waals surface area (Å²) in [5, 5.41) is 0. The summed E-state index contributed by atoms with van der Waals surface area (Å²) < 4.78 is 10.1. The van der Waals surface area contributed by atoms with Gasteiger partial charge in [0, 0.05) is 25.0 Å². The zero-order chi connectivity index (χ0) is 17.5. The van der Waals surface area contributed by atoms with Gasteiger partial charge in [0.2, 0.25) is 0 Å². The summed E-state index contributed by atoms with van der Waals surface area (Å²) >= 11 is 0. The number of carbonyl (C=O) groups excluding carboxylic acids is 3. The second kappa shape index (κ2) is 8.06. The third-order valence-electron chi connectivity index (χ3n) is 3.33. The number of ether oxygens (including phenoxy) is 2. The predicted octanol–water partition coefficient (Wildman–Crippen LogP) is 3.08. The van der Waals surface area contributed by atoms with Gasteiger partial charge in [0.25, 0.3) is 0 Å². The molecule has 0 aliphatic heterocycles. The molecule has 0 bridgehead atoms. The van der Waals surface area contributed by atoms with E-state index in [1.165, 1.54) is 13.8 Å². The molecule has 0 aliphatic carbocycles. The molecule has 0 saturated carbocycles. The number of rotatable bonds is 6. The van der Waals surface area contributed by atoms with Crippen LogP contribution in [0, 0.1) is 0 Å². The van der Waals surface area contributed by atoms with Gasteiger partial charge in [-0.1, -0.05) is 54.6 Å². The highest BCUT2D eigenvalue weighted by atomic mass is 16.6. The van der Waals surface area contributed by atoms with Crippen molar-refractivity contribution in [3.8, 4) is 0 Å². The van der Waals surface area contributed by atoms with Crippen molar-refractivity contribution < 1.29 is 23.9 Å². The maximum Gasteiger partial charge on any atom is 0.303 e. The first-order valence-corrected chi connectivity index (χ1v) is 7.47. The number of carbonyl (C=O) groups is 3. The van der Waals surface area contributed by atoms with Crippen LogP contribution < -0.4 is 0 Å². The van der Waals surface area contributed by atoms with Crippen LogP contribution >= 0.6 is 0 Å². The Kier molecular flexibility index (Phi) is 5.84. The molecule has 24 heavy (non-hydrogen) atoms. The van der Waals surface area contributed by atoms with Gasteiger partial charge in [-0.15, -0.1) is 0 Å². The van der Waals surface area contributed by atoms with Gasteiger partial charge >= 0.3 is 11.9 Å². The zero-order valence-corrected chi connectivity index (χ0v) is 13.5. The molecule has 0 saturated heterocycles. The summed E-state index contributed by atoms with van der Waals surface area (Å²) in [5.41, 5.74) is 1.77. The van der Waals surface area contributed by atoms with Crippen LogP contribution in [0.4, 0.5) is 0 Å². The Balaban J connectivity index is 2.17. The number of esters is 2. The average molecular weight is 326 g/mol. The minimum Gasteiger partial charge on any atom is -0.462 e. The molecule has 1 atom stereocenters. The molecule has 2 aromatic carbocycles. The Bertz CT molecular complexity index is 719. The highest BCUT2D eigenvalue weighted by Crippen LogP contribution is 2.20. The van der Waals surface area contributed by atoms with Gasteiger partial charge in [-0.05, 0) is 5.56 Å². The smallest absolute Gasteiger partial charge is 0.303 e. The molecule has 5 nitrogen and oxygen atoms in total. The van der Waals surface area contributed by atoms with Crippen LogP contribution in [-0.4, -0.2) is 24.3 Å². The van der Waals surface area contributed by atoms with E-state index in [9.17, 15) is 14.4 Å². The highest BCUT2D eigenvalue weighted by molar-refractivity contribution is 6.08. The Labute approximate surface area is 140 Å². The van der Waals surface area contributed by atoms with Crippen LogP contribution in [0.5, 0.6) is 0 Å². The molecule has 0 fully saturated rings. The van der Waals surface area contributed by atoms with E-state index in [0.717, 1.165) is 0 Å². The summed E-state index contributed by atoms with van der Waals surface area (Å²) in [6.45, 7) is 2.50.